The van der Waals surface area contributed by atoms with Gasteiger partial charge in [0.05, 0.1) is 0 Å². The van der Waals surface area contributed by atoms with E-state index >= 15 is 0 Å². The zero-order valence-corrected chi connectivity index (χ0v) is 16.4. The minimum absolute atomic E-state index is 0.816. The zero-order chi connectivity index (χ0) is 18.4. The molecule has 0 saturated heterocycles. The van der Waals surface area contributed by atoms with Crippen molar-refractivity contribution in [3.63, 3.8) is 0 Å². The third-order valence-corrected chi connectivity index (χ3v) is 5.22. The van der Waals surface area contributed by atoms with Crippen LogP contribution in [0.3, 0.4) is 0 Å². The average Bonchev–Trinajstić information content (AvgIpc) is 2.60. The molecule has 0 heterocycles. The van der Waals surface area contributed by atoms with Crippen LogP contribution in [0.25, 0.3) is 0 Å². The third kappa shape index (κ3) is 4.18. The summed E-state index contributed by atoms with van der Waals surface area (Å²) in [7, 11) is 0. The molecule has 0 radical (unpaired) electrons. The van der Waals surface area contributed by atoms with Crippen LogP contribution >= 0.6 is 0 Å². The Morgan fingerprint density at radius 2 is 0.960 bits per heavy atom. The number of nitrogen functional groups attached to an aromatic ring is 2. The molecule has 25 heavy (non-hydrogen) atoms. The summed E-state index contributed by atoms with van der Waals surface area (Å²) in [4.78, 5) is 0. The Bertz CT molecular complexity index is 655. The quantitative estimate of drug-likeness (QED) is 0.627. The molecule has 0 amide bonds. The summed E-state index contributed by atoms with van der Waals surface area (Å²) >= 11 is 0. The van der Waals surface area contributed by atoms with Gasteiger partial charge in [-0.1, -0.05) is 64.8 Å². The maximum absolute atomic E-state index is 6.53. The molecule has 136 valence electrons. The van der Waals surface area contributed by atoms with Gasteiger partial charge in [-0.25, -0.2) is 0 Å². The lowest BCUT2D eigenvalue weighted by Gasteiger charge is -2.18. The lowest BCUT2D eigenvalue weighted by atomic mass is 9.90. The fourth-order valence-corrected chi connectivity index (χ4v) is 3.87. The van der Waals surface area contributed by atoms with Crippen molar-refractivity contribution in [3.05, 3.63) is 57.6 Å². The van der Waals surface area contributed by atoms with Gasteiger partial charge in [0.15, 0.2) is 0 Å². The molecule has 4 N–H and O–H groups in total. The Morgan fingerprint density at radius 1 is 0.600 bits per heavy atom. The van der Waals surface area contributed by atoms with E-state index in [-0.39, 0.29) is 0 Å². The minimum Gasteiger partial charge on any atom is -0.398 e. The van der Waals surface area contributed by atoms with Crippen molar-refractivity contribution < 1.29 is 0 Å². The first-order valence-electron chi connectivity index (χ1n) is 9.85. The Kier molecular flexibility index (Phi) is 6.92. The highest BCUT2D eigenvalue weighted by Gasteiger charge is 2.13. The van der Waals surface area contributed by atoms with Crippen LogP contribution in [0.15, 0.2) is 24.3 Å². The number of aryl methyl sites for hydroxylation is 2. The molecule has 2 aromatic carbocycles. The molecule has 0 atom stereocenters. The van der Waals surface area contributed by atoms with Gasteiger partial charge in [0.25, 0.3) is 0 Å². The molecular formula is C23H34N2. The fourth-order valence-electron chi connectivity index (χ4n) is 3.87. The van der Waals surface area contributed by atoms with E-state index in [1.54, 1.807) is 0 Å². The van der Waals surface area contributed by atoms with Gasteiger partial charge in [0.1, 0.15) is 0 Å². The molecular weight excluding hydrogens is 304 g/mol. The standard InChI is InChI=1S/C23H34N2/c1-5-9-16-11-13-18(22(24)20(16)7-3)15-19-14-12-17(10-6-2)21(8-4)23(19)25/h11-14H,5-10,15,24-25H2,1-4H3. The first-order chi connectivity index (χ1) is 12.1. The monoisotopic (exact) mass is 338 g/mol. The van der Waals surface area contributed by atoms with E-state index in [0.717, 1.165) is 56.3 Å². The van der Waals surface area contributed by atoms with Gasteiger partial charge in [-0.15, -0.1) is 0 Å². The SMILES string of the molecule is CCCc1ccc(Cc2ccc(CCC)c(CC)c2N)c(N)c1CC. The predicted molar refractivity (Wildman–Crippen MR) is 111 cm³/mol. The second kappa shape index (κ2) is 8.94. The van der Waals surface area contributed by atoms with E-state index in [4.69, 9.17) is 11.5 Å². The molecule has 0 aliphatic heterocycles. The molecule has 0 aromatic heterocycles. The van der Waals surface area contributed by atoms with Crippen molar-refractivity contribution in [2.75, 3.05) is 11.5 Å². The zero-order valence-electron chi connectivity index (χ0n) is 16.4. The van der Waals surface area contributed by atoms with Crippen LogP contribution in [0.2, 0.25) is 0 Å². The molecule has 0 unspecified atom stereocenters. The van der Waals surface area contributed by atoms with Crippen molar-refractivity contribution in [2.45, 2.75) is 72.6 Å². The highest BCUT2D eigenvalue weighted by molar-refractivity contribution is 5.63. The Morgan fingerprint density at radius 3 is 1.28 bits per heavy atom. The minimum atomic E-state index is 0.816. The topological polar surface area (TPSA) is 52.0 Å². The molecule has 0 aliphatic rings. The van der Waals surface area contributed by atoms with E-state index in [9.17, 15) is 0 Å². The highest BCUT2D eigenvalue weighted by atomic mass is 14.6. The van der Waals surface area contributed by atoms with Gasteiger partial charge in [-0.2, -0.15) is 0 Å². The summed E-state index contributed by atoms with van der Waals surface area (Å²) in [5.41, 5.74) is 22.8. The van der Waals surface area contributed by atoms with Crippen molar-refractivity contribution in [1.82, 2.24) is 0 Å². The maximum Gasteiger partial charge on any atom is 0.0385 e. The van der Waals surface area contributed by atoms with Crippen molar-refractivity contribution >= 4 is 11.4 Å². The molecule has 0 bridgehead atoms. The van der Waals surface area contributed by atoms with Gasteiger partial charge in [-0.3, -0.25) is 0 Å². The Labute approximate surface area is 153 Å². The van der Waals surface area contributed by atoms with Crippen LogP contribution in [0.4, 0.5) is 11.4 Å². The Balaban J connectivity index is 2.40. The van der Waals surface area contributed by atoms with Crippen LogP contribution in [0.5, 0.6) is 0 Å². The molecule has 0 fully saturated rings. The van der Waals surface area contributed by atoms with Gasteiger partial charge in [0, 0.05) is 17.8 Å². The van der Waals surface area contributed by atoms with E-state index in [2.05, 4.69) is 52.0 Å². The molecule has 0 saturated carbocycles. The number of hydrogen-bond acceptors (Lipinski definition) is 2. The molecule has 2 rings (SSSR count). The maximum atomic E-state index is 6.53. The van der Waals surface area contributed by atoms with Crippen LogP contribution in [-0.2, 0) is 32.1 Å². The lowest BCUT2D eigenvalue weighted by Crippen LogP contribution is -2.07. The third-order valence-electron chi connectivity index (χ3n) is 5.22. The summed E-state index contributed by atoms with van der Waals surface area (Å²) < 4.78 is 0. The second-order valence-corrected chi connectivity index (χ2v) is 6.94. The van der Waals surface area contributed by atoms with E-state index in [1.165, 1.54) is 33.4 Å². The van der Waals surface area contributed by atoms with Gasteiger partial charge >= 0.3 is 0 Å². The average molecular weight is 339 g/mol. The Hall–Kier alpha value is -1.96. The summed E-state index contributed by atoms with van der Waals surface area (Å²) in [6, 6.07) is 8.92. The highest BCUT2D eigenvalue weighted by Crippen LogP contribution is 2.30. The van der Waals surface area contributed by atoms with Crippen molar-refractivity contribution in [3.8, 4) is 0 Å². The van der Waals surface area contributed by atoms with Crippen LogP contribution < -0.4 is 11.5 Å². The first-order valence-corrected chi connectivity index (χ1v) is 9.85. The molecule has 2 aromatic rings. The van der Waals surface area contributed by atoms with E-state index < -0.39 is 0 Å². The lowest BCUT2D eigenvalue weighted by molar-refractivity contribution is 0.895. The van der Waals surface area contributed by atoms with E-state index in [1.807, 2.05) is 0 Å². The number of nitrogens with two attached hydrogens (primary N) is 2. The van der Waals surface area contributed by atoms with Crippen LogP contribution in [-0.4, -0.2) is 0 Å². The number of rotatable bonds is 8. The number of benzene rings is 2. The fraction of sp³-hybridized carbons (Fsp3) is 0.478. The van der Waals surface area contributed by atoms with E-state index in [0.29, 0.717) is 0 Å². The number of anilines is 2. The first kappa shape index (κ1) is 19.4. The van der Waals surface area contributed by atoms with Gasteiger partial charge < -0.3 is 11.5 Å². The summed E-state index contributed by atoms with van der Waals surface area (Å²) in [5, 5.41) is 0. The second-order valence-electron chi connectivity index (χ2n) is 6.94. The normalized spacial score (nSPS) is 11.0. The van der Waals surface area contributed by atoms with Gasteiger partial charge in [-0.05, 0) is 59.1 Å². The molecule has 0 aliphatic carbocycles. The van der Waals surface area contributed by atoms with Crippen molar-refractivity contribution in [1.29, 1.82) is 0 Å². The van der Waals surface area contributed by atoms with Crippen molar-refractivity contribution in [2.24, 2.45) is 0 Å². The van der Waals surface area contributed by atoms with Crippen LogP contribution in [0.1, 0.15) is 73.9 Å². The summed E-state index contributed by atoms with van der Waals surface area (Å²) in [6.45, 7) is 8.82. The molecule has 2 nitrogen and oxygen atoms in total. The van der Waals surface area contributed by atoms with Crippen LogP contribution in [0, 0.1) is 0 Å². The van der Waals surface area contributed by atoms with Gasteiger partial charge in [0.2, 0.25) is 0 Å². The summed E-state index contributed by atoms with van der Waals surface area (Å²) in [6.07, 6.45) is 7.29. The molecule has 2 heteroatoms. The predicted octanol–water partition coefficient (Wildman–Crippen LogP) is 5.47. The summed E-state index contributed by atoms with van der Waals surface area (Å²) in [5.74, 6) is 0. The number of hydrogen-bond donors (Lipinski definition) is 2. The largest absolute Gasteiger partial charge is 0.398 e. The molecule has 0 spiro atoms. The smallest absolute Gasteiger partial charge is 0.0385 e.